The van der Waals surface area contributed by atoms with Crippen LogP contribution in [0.25, 0.3) is 11.3 Å². The molecule has 0 amide bonds. The number of hydrogen-bond acceptors (Lipinski definition) is 4. The second-order valence-corrected chi connectivity index (χ2v) is 4.02. The maximum Gasteiger partial charge on any atom is 0.150 e. The molecule has 2 rings (SSSR count). The number of hydrogen-bond donors (Lipinski definition) is 2. The zero-order valence-electron chi connectivity index (χ0n) is 9.57. The van der Waals surface area contributed by atoms with Crippen molar-refractivity contribution in [1.82, 2.24) is 9.66 Å². The summed E-state index contributed by atoms with van der Waals surface area (Å²) in [6.07, 6.45) is 0. The Bertz CT molecular complexity index is 565. The molecule has 1 aromatic heterocycles. The summed E-state index contributed by atoms with van der Waals surface area (Å²) in [5.41, 5.74) is 7.28. The molecule has 4 N–H and O–H groups in total. The van der Waals surface area contributed by atoms with Crippen molar-refractivity contribution in [2.24, 2.45) is 0 Å². The van der Waals surface area contributed by atoms with Gasteiger partial charge in [0.15, 0.2) is 5.82 Å². The first-order valence-electron chi connectivity index (χ1n) is 4.98. The van der Waals surface area contributed by atoms with Gasteiger partial charge in [0.25, 0.3) is 0 Å². The highest BCUT2D eigenvalue weighted by atomic mass is 35.5. The van der Waals surface area contributed by atoms with Gasteiger partial charge in [-0.2, -0.15) is 0 Å². The smallest absolute Gasteiger partial charge is 0.150 e. The average Bonchev–Trinajstić information content (AvgIpc) is 2.57. The van der Waals surface area contributed by atoms with Crippen molar-refractivity contribution in [2.75, 3.05) is 18.7 Å². The summed E-state index contributed by atoms with van der Waals surface area (Å²) < 4.78 is 6.42. The molecule has 1 aromatic carbocycles. The van der Waals surface area contributed by atoms with E-state index in [0.717, 1.165) is 5.56 Å². The highest BCUT2D eigenvalue weighted by molar-refractivity contribution is 6.32. The van der Waals surface area contributed by atoms with Crippen molar-refractivity contribution in [3.8, 4) is 17.0 Å². The van der Waals surface area contributed by atoms with Crippen LogP contribution in [0.5, 0.6) is 5.75 Å². The summed E-state index contributed by atoms with van der Waals surface area (Å²) in [4.78, 5) is 4.29. The number of aromatic nitrogens is 2. The molecule has 0 aliphatic heterocycles. The largest absolute Gasteiger partial charge is 0.495 e. The first kappa shape index (κ1) is 11.6. The van der Waals surface area contributed by atoms with Crippen molar-refractivity contribution in [3.05, 3.63) is 29.0 Å². The Labute approximate surface area is 104 Å². The van der Waals surface area contributed by atoms with Crippen molar-refractivity contribution in [3.63, 3.8) is 0 Å². The lowest BCUT2D eigenvalue weighted by Crippen LogP contribution is -2.13. The van der Waals surface area contributed by atoms with Gasteiger partial charge in [0.1, 0.15) is 17.3 Å². The first-order valence-corrected chi connectivity index (χ1v) is 5.36. The first-order chi connectivity index (χ1) is 8.04. The molecule has 0 atom stereocenters. The number of anilines is 1. The van der Waals surface area contributed by atoms with Crippen molar-refractivity contribution in [2.45, 2.75) is 6.92 Å². The molecule has 1 heterocycles. The van der Waals surface area contributed by atoms with Crippen LogP contribution in [0.4, 0.5) is 5.82 Å². The number of imidazole rings is 1. The molecule has 0 radical (unpaired) electrons. The van der Waals surface area contributed by atoms with Gasteiger partial charge in [-0.1, -0.05) is 11.6 Å². The van der Waals surface area contributed by atoms with Crippen LogP contribution in [-0.2, 0) is 0 Å². The van der Waals surface area contributed by atoms with E-state index in [2.05, 4.69) is 4.98 Å². The Balaban J connectivity index is 2.53. The lowest BCUT2D eigenvalue weighted by atomic mass is 10.1. The minimum absolute atomic E-state index is 0.406. The van der Waals surface area contributed by atoms with E-state index in [1.807, 2.05) is 6.07 Å². The molecule has 17 heavy (non-hydrogen) atoms. The molecule has 0 aliphatic rings. The molecular formula is C11H13ClN4O. The normalized spacial score (nSPS) is 10.5. The standard InChI is InChI=1S/C11H13ClN4O/c1-6-15-10(11(13)16(6)14)7-3-4-9(17-2)8(12)5-7/h3-5H,13-14H2,1-2H3. The van der Waals surface area contributed by atoms with Gasteiger partial charge >= 0.3 is 0 Å². The summed E-state index contributed by atoms with van der Waals surface area (Å²) in [5.74, 6) is 7.36. The van der Waals surface area contributed by atoms with Crippen LogP contribution >= 0.6 is 11.6 Å². The number of nitrogen functional groups attached to an aromatic ring is 2. The summed E-state index contributed by atoms with van der Waals surface area (Å²) in [7, 11) is 1.56. The number of rotatable bonds is 2. The maximum absolute atomic E-state index is 6.05. The molecule has 5 nitrogen and oxygen atoms in total. The molecule has 2 aromatic rings. The van der Waals surface area contributed by atoms with Gasteiger partial charge in [-0.3, -0.25) is 0 Å². The minimum Gasteiger partial charge on any atom is -0.495 e. The Kier molecular flexibility index (Phi) is 2.85. The number of halogens is 1. The van der Waals surface area contributed by atoms with Crippen molar-refractivity contribution in [1.29, 1.82) is 0 Å². The van der Waals surface area contributed by atoms with E-state index in [4.69, 9.17) is 27.9 Å². The molecule has 0 fully saturated rings. The van der Waals surface area contributed by atoms with Crippen LogP contribution in [0.2, 0.25) is 5.02 Å². The quantitative estimate of drug-likeness (QED) is 0.799. The van der Waals surface area contributed by atoms with Gasteiger partial charge in [0.2, 0.25) is 0 Å². The third kappa shape index (κ3) is 1.89. The zero-order chi connectivity index (χ0) is 12.6. The van der Waals surface area contributed by atoms with E-state index in [9.17, 15) is 0 Å². The minimum atomic E-state index is 0.406. The van der Waals surface area contributed by atoms with E-state index >= 15 is 0 Å². The molecule has 6 heteroatoms. The topological polar surface area (TPSA) is 79.1 Å². The summed E-state index contributed by atoms with van der Waals surface area (Å²) in [5, 5.41) is 0.508. The fraction of sp³-hybridized carbons (Fsp3) is 0.182. The molecule has 0 bridgehead atoms. The lowest BCUT2D eigenvalue weighted by molar-refractivity contribution is 0.415. The van der Waals surface area contributed by atoms with Gasteiger partial charge in [-0.15, -0.1) is 0 Å². The number of benzene rings is 1. The van der Waals surface area contributed by atoms with E-state index in [1.165, 1.54) is 4.68 Å². The molecule has 0 saturated heterocycles. The Morgan fingerprint density at radius 1 is 1.41 bits per heavy atom. The summed E-state index contributed by atoms with van der Waals surface area (Å²) in [6, 6.07) is 5.35. The lowest BCUT2D eigenvalue weighted by Gasteiger charge is -2.05. The molecule has 0 spiro atoms. The third-order valence-corrected chi connectivity index (χ3v) is 2.85. The van der Waals surface area contributed by atoms with Crippen LogP contribution in [0.3, 0.4) is 0 Å². The van der Waals surface area contributed by atoms with Crippen LogP contribution < -0.4 is 16.3 Å². The predicted octanol–water partition coefficient (Wildman–Crippen LogP) is 1.82. The van der Waals surface area contributed by atoms with Gasteiger partial charge in [-0.25, -0.2) is 9.66 Å². The Morgan fingerprint density at radius 3 is 2.59 bits per heavy atom. The van der Waals surface area contributed by atoms with E-state index in [0.29, 0.717) is 28.1 Å². The third-order valence-electron chi connectivity index (χ3n) is 2.55. The Hall–Kier alpha value is -1.88. The van der Waals surface area contributed by atoms with Crippen LogP contribution in [0.15, 0.2) is 18.2 Å². The average molecular weight is 253 g/mol. The van der Waals surface area contributed by atoms with Gasteiger partial charge in [-0.05, 0) is 25.1 Å². The summed E-state index contributed by atoms with van der Waals surface area (Å²) >= 11 is 6.05. The maximum atomic E-state index is 6.05. The van der Waals surface area contributed by atoms with Crippen LogP contribution in [0, 0.1) is 6.92 Å². The molecule has 0 unspecified atom stereocenters. The van der Waals surface area contributed by atoms with Crippen LogP contribution in [-0.4, -0.2) is 16.8 Å². The van der Waals surface area contributed by atoms with E-state index < -0.39 is 0 Å². The second-order valence-electron chi connectivity index (χ2n) is 3.61. The predicted molar refractivity (Wildman–Crippen MR) is 68.5 cm³/mol. The van der Waals surface area contributed by atoms with Crippen molar-refractivity contribution >= 4 is 17.4 Å². The van der Waals surface area contributed by atoms with Crippen LogP contribution in [0.1, 0.15) is 5.82 Å². The number of methoxy groups -OCH3 is 1. The molecule has 90 valence electrons. The Morgan fingerprint density at radius 2 is 2.12 bits per heavy atom. The number of aryl methyl sites for hydroxylation is 1. The summed E-state index contributed by atoms with van der Waals surface area (Å²) in [6.45, 7) is 1.78. The van der Waals surface area contributed by atoms with Gasteiger partial charge in [0, 0.05) is 5.56 Å². The SMILES string of the molecule is COc1ccc(-c2nc(C)n(N)c2N)cc1Cl. The van der Waals surface area contributed by atoms with Gasteiger partial charge in [0.05, 0.1) is 12.1 Å². The second kappa shape index (κ2) is 4.18. The van der Waals surface area contributed by atoms with Gasteiger partial charge < -0.3 is 16.3 Å². The highest BCUT2D eigenvalue weighted by Gasteiger charge is 2.13. The molecule has 0 aliphatic carbocycles. The molecular weight excluding hydrogens is 240 g/mol. The number of ether oxygens (including phenoxy) is 1. The monoisotopic (exact) mass is 252 g/mol. The number of nitrogens with two attached hydrogens (primary N) is 2. The number of nitrogens with zero attached hydrogens (tertiary/aromatic N) is 2. The highest BCUT2D eigenvalue weighted by Crippen LogP contribution is 2.32. The zero-order valence-corrected chi connectivity index (χ0v) is 10.3. The fourth-order valence-corrected chi connectivity index (χ4v) is 1.85. The van der Waals surface area contributed by atoms with E-state index in [-0.39, 0.29) is 0 Å². The van der Waals surface area contributed by atoms with E-state index in [1.54, 1.807) is 26.2 Å². The van der Waals surface area contributed by atoms with Crippen molar-refractivity contribution < 1.29 is 4.74 Å². The molecule has 0 saturated carbocycles. The fourth-order valence-electron chi connectivity index (χ4n) is 1.59.